The zero-order valence-electron chi connectivity index (χ0n) is 52.8. The van der Waals surface area contributed by atoms with Gasteiger partial charge in [0, 0.05) is 6.42 Å². The lowest BCUT2D eigenvalue weighted by Crippen LogP contribution is -2.65. The summed E-state index contributed by atoms with van der Waals surface area (Å²) in [5.41, 5.74) is 0. The van der Waals surface area contributed by atoms with Crippen molar-refractivity contribution < 1.29 is 64.6 Å². The van der Waals surface area contributed by atoms with Crippen LogP contribution in [0, 0.1) is 0 Å². The van der Waals surface area contributed by atoms with Gasteiger partial charge in [-0.05, 0) is 83.5 Å². The maximum Gasteiger partial charge on any atom is 0.220 e. The molecule has 0 radical (unpaired) electrons. The van der Waals surface area contributed by atoms with Crippen LogP contribution in [0.4, 0.5) is 0 Å². The first-order valence-electron chi connectivity index (χ1n) is 33.6. The summed E-state index contributed by atoms with van der Waals surface area (Å²) in [5.74, 6) is -0.244. The van der Waals surface area contributed by atoms with Gasteiger partial charge in [-0.2, -0.15) is 0 Å². The number of allylic oxidation sites excluding steroid dienone is 17. The molecule has 0 aliphatic carbocycles. The van der Waals surface area contributed by atoms with E-state index >= 15 is 0 Å². The highest BCUT2D eigenvalue weighted by Crippen LogP contribution is 2.30. The van der Waals surface area contributed by atoms with E-state index in [1.807, 2.05) is 6.08 Å². The number of hydrogen-bond donors (Lipinski definition) is 9. The molecule has 0 saturated carbocycles. The number of amides is 1. The monoisotopic (exact) mass is 1200 g/mol. The van der Waals surface area contributed by atoms with E-state index < -0.39 is 86.8 Å². The molecule has 14 heteroatoms. The van der Waals surface area contributed by atoms with Gasteiger partial charge in [0.25, 0.3) is 0 Å². The molecule has 12 atom stereocenters. The van der Waals surface area contributed by atoms with Crippen molar-refractivity contribution in [2.24, 2.45) is 0 Å². The largest absolute Gasteiger partial charge is 0.394 e. The molecular weight excluding hydrogens is 1070 g/mol. The lowest BCUT2D eigenvalue weighted by molar-refractivity contribution is -0.359. The first kappa shape index (κ1) is 77.7. The Kier molecular flexibility index (Phi) is 50.1. The summed E-state index contributed by atoms with van der Waals surface area (Å²) in [7, 11) is 0. The summed E-state index contributed by atoms with van der Waals surface area (Å²) in [5, 5.41) is 87.0. The summed E-state index contributed by atoms with van der Waals surface area (Å²) in [6.45, 7) is 2.65. The molecule has 2 rings (SSSR count). The van der Waals surface area contributed by atoms with Crippen LogP contribution in [-0.2, 0) is 23.7 Å². The summed E-state index contributed by atoms with van der Waals surface area (Å²) in [4.78, 5) is 13.2. The van der Waals surface area contributed by atoms with Gasteiger partial charge >= 0.3 is 0 Å². The molecule has 14 nitrogen and oxygen atoms in total. The molecule has 9 N–H and O–H groups in total. The Morgan fingerprint density at radius 2 is 0.812 bits per heavy atom. The van der Waals surface area contributed by atoms with Crippen LogP contribution < -0.4 is 5.32 Å². The second-order valence-electron chi connectivity index (χ2n) is 23.2. The fourth-order valence-corrected chi connectivity index (χ4v) is 10.4. The molecule has 0 aromatic carbocycles. The molecule has 0 bridgehead atoms. The van der Waals surface area contributed by atoms with Gasteiger partial charge in [-0.15, -0.1) is 0 Å². The van der Waals surface area contributed by atoms with Crippen LogP contribution in [0.2, 0.25) is 0 Å². The Morgan fingerprint density at radius 1 is 0.435 bits per heavy atom. The zero-order valence-corrected chi connectivity index (χ0v) is 52.8. The number of nitrogens with one attached hydrogen (secondary N) is 1. The maximum absolute atomic E-state index is 13.2. The number of aliphatic hydroxyl groups is 8. The van der Waals surface area contributed by atoms with Crippen molar-refractivity contribution in [2.45, 2.75) is 312 Å². The van der Waals surface area contributed by atoms with Crippen molar-refractivity contribution in [2.75, 3.05) is 19.8 Å². The molecular formula is C71H121NO13. The van der Waals surface area contributed by atoms with E-state index in [9.17, 15) is 45.6 Å². The Balaban J connectivity index is 1.55. The Morgan fingerprint density at radius 3 is 1.25 bits per heavy atom. The van der Waals surface area contributed by atoms with Crippen LogP contribution in [0.3, 0.4) is 0 Å². The highest BCUT2D eigenvalue weighted by atomic mass is 16.7. The topological polar surface area (TPSA) is 228 Å². The van der Waals surface area contributed by atoms with Crippen LogP contribution in [0.25, 0.3) is 0 Å². The van der Waals surface area contributed by atoms with Gasteiger partial charge in [-0.1, -0.05) is 258 Å². The molecule has 2 saturated heterocycles. The fraction of sp³-hybridized carbons (Fsp3) is 0.732. The predicted molar refractivity (Wildman–Crippen MR) is 345 cm³/mol. The van der Waals surface area contributed by atoms with Crippen molar-refractivity contribution in [3.8, 4) is 0 Å². The van der Waals surface area contributed by atoms with Crippen molar-refractivity contribution in [1.29, 1.82) is 0 Å². The van der Waals surface area contributed by atoms with E-state index in [-0.39, 0.29) is 18.9 Å². The van der Waals surface area contributed by atoms with Crippen molar-refractivity contribution >= 4 is 5.91 Å². The Bertz CT molecular complexity index is 1840. The van der Waals surface area contributed by atoms with Crippen molar-refractivity contribution in [3.05, 3.63) is 109 Å². The molecule has 0 spiro atoms. The zero-order chi connectivity index (χ0) is 61.6. The first-order chi connectivity index (χ1) is 41.6. The van der Waals surface area contributed by atoms with E-state index in [1.54, 1.807) is 6.08 Å². The van der Waals surface area contributed by atoms with E-state index in [2.05, 4.69) is 116 Å². The van der Waals surface area contributed by atoms with Crippen LogP contribution in [-0.4, -0.2) is 140 Å². The summed E-state index contributed by atoms with van der Waals surface area (Å²) < 4.78 is 22.7. The van der Waals surface area contributed by atoms with Crippen LogP contribution in [0.5, 0.6) is 0 Å². The third kappa shape index (κ3) is 39.3. The van der Waals surface area contributed by atoms with Gasteiger partial charge in [-0.25, -0.2) is 0 Å². The van der Waals surface area contributed by atoms with Crippen molar-refractivity contribution in [1.82, 2.24) is 5.32 Å². The lowest BCUT2D eigenvalue weighted by atomic mass is 9.97. The van der Waals surface area contributed by atoms with Crippen LogP contribution in [0.15, 0.2) is 109 Å². The standard InChI is InChI=1S/C71H121NO13/c1-3-5-7-9-11-13-15-16-17-18-19-20-21-22-23-24-25-26-27-28-29-30-31-32-33-34-35-36-37-38-39-40-41-42-43-44-45-47-49-51-53-55-63(76)72-59(60(75)54-52-50-48-46-14-12-10-8-6-4-2)58-82-70-68(81)66(79)69(62(57-74)84-70)85-71-67(80)65(78)64(77)61(56-73)83-71/h5,7,11,13,16-17,19-20,22-23,25-26,28-29,31-32,52,54,59-62,64-71,73-75,77-81H,3-4,6,8-10,12,14-15,18,21,24,27,30,33-51,53,55-58H2,1-2H3,(H,72,76)/b7-5-,13-11-,17-16-,20-19-,23-22-,26-25-,29-28-,32-31-,54-52+. The fourth-order valence-electron chi connectivity index (χ4n) is 10.4. The normalized spacial score (nSPS) is 24.3. The van der Waals surface area contributed by atoms with Crippen LogP contribution >= 0.6 is 0 Å². The lowest BCUT2D eigenvalue weighted by Gasteiger charge is -2.46. The molecule has 0 aromatic heterocycles. The number of carbonyl (C=O) groups excluding carboxylic acids is 1. The van der Waals surface area contributed by atoms with E-state index in [4.69, 9.17) is 18.9 Å². The molecule has 12 unspecified atom stereocenters. The number of aliphatic hydroxyl groups excluding tert-OH is 8. The smallest absolute Gasteiger partial charge is 0.220 e. The SMILES string of the molecule is CC/C=C\C/C=C\C/C=C\C/C=C\C/C=C\C/C=C\C/C=C\C/C=C\CCCCCCCCCCCCCCCCCCC(=O)NC(COC1OC(CO)C(OC2OC(CO)C(O)C(O)C2O)C(O)C1O)C(O)/C=C/CCCCCCCCCC. The van der Waals surface area contributed by atoms with E-state index in [0.717, 1.165) is 89.9 Å². The second-order valence-corrected chi connectivity index (χ2v) is 23.2. The number of hydrogen-bond acceptors (Lipinski definition) is 13. The van der Waals surface area contributed by atoms with E-state index in [0.29, 0.717) is 6.42 Å². The molecule has 2 aliphatic rings. The third-order valence-electron chi connectivity index (χ3n) is 15.7. The molecule has 0 aromatic rings. The maximum atomic E-state index is 13.2. The quantitative estimate of drug-likeness (QED) is 0.0204. The van der Waals surface area contributed by atoms with Gasteiger partial charge in [0.05, 0.1) is 32.0 Å². The minimum absolute atomic E-state index is 0.244. The third-order valence-corrected chi connectivity index (χ3v) is 15.7. The summed E-state index contributed by atoms with van der Waals surface area (Å²) >= 11 is 0. The molecule has 85 heavy (non-hydrogen) atoms. The van der Waals surface area contributed by atoms with Gasteiger partial charge < -0.3 is 65.1 Å². The first-order valence-corrected chi connectivity index (χ1v) is 33.6. The number of unbranched alkanes of at least 4 members (excludes halogenated alkanes) is 24. The van der Waals surface area contributed by atoms with E-state index in [1.165, 1.54) is 122 Å². The molecule has 2 heterocycles. The predicted octanol–water partition coefficient (Wildman–Crippen LogP) is 13.2. The number of carbonyl (C=O) groups is 1. The van der Waals surface area contributed by atoms with Gasteiger partial charge in [-0.3, -0.25) is 4.79 Å². The Hall–Kier alpha value is -3.35. The highest BCUT2D eigenvalue weighted by Gasteiger charge is 2.51. The summed E-state index contributed by atoms with van der Waals surface area (Å²) in [6, 6.07) is -0.917. The van der Waals surface area contributed by atoms with Crippen molar-refractivity contribution in [3.63, 3.8) is 0 Å². The average Bonchev–Trinajstić information content (AvgIpc) is 2.93. The minimum Gasteiger partial charge on any atom is -0.394 e. The summed E-state index contributed by atoms with van der Waals surface area (Å²) in [6.07, 6.45) is 61.7. The number of ether oxygens (including phenoxy) is 4. The minimum atomic E-state index is -1.79. The molecule has 488 valence electrons. The Labute approximate surface area is 515 Å². The average molecular weight is 1200 g/mol. The van der Waals surface area contributed by atoms with Gasteiger partial charge in [0.2, 0.25) is 5.91 Å². The van der Waals surface area contributed by atoms with Gasteiger partial charge in [0.15, 0.2) is 12.6 Å². The molecule has 1 amide bonds. The second kappa shape index (κ2) is 54.8. The van der Waals surface area contributed by atoms with Crippen LogP contribution in [0.1, 0.15) is 239 Å². The number of rotatable bonds is 53. The highest BCUT2D eigenvalue weighted by molar-refractivity contribution is 5.76. The van der Waals surface area contributed by atoms with Gasteiger partial charge in [0.1, 0.15) is 48.8 Å². The molecule has 2 aliphatic heterocycles. The molecule has 2 fully saturated rings.